The molecule has 1 aliphatic rings. The Morgan fingerprint density at radius 3 is 2.70 bits per heavy atom. The van der Waals surface area contributed by atoms with Crippen LogP contribution in [0, 0.1) is 0 Å². The van der Waals surface area contributed by atoms with Gasteiger partial charge in [0.2, 0.25) is 0 Å². The van der Waals surface area contributed by atoms with E-state index in [1.807, 2.05) is 6.07 Å². The summed E-state index contributed by atoms with van der Waals surface area (Å²) < 4.78 is 1.12. The van der Waals surface area contributed by atoms with Crippen LogP contribution >= 0.6 is 27.5 Å². The molecule has 2 aromatic carbocycles. The molecule has 3 rings (SSSR count). The normalized spacial score (nSPS) is 18.9. The summed E-state index contributed by atoms with van der Waals surface area (Å²) in [5, 5.41) is 4.57. The second-order valence-corrected chi connectivity index (χ2v) is 6.73. The molecule has 0 heterocycles. The van der Waals surface area contributed by atoms with E-state index in [2.05, 4.69) is 64.6 Å². The number of rotatable bonds is 3. The Morgan fingerprint density at radius 1 is 1.20 bits per heavy atom. The van der Waals surface area contributed by atoms with Gasteiger partial charge < -0.3 is 5.32 Å². The van der Waals surface area contributed by atoms with Gasteiger partial charge in [-0.2, -0.15) is 0 Å². The van der Waals surface area contributed by atoms with Gasteiger partial charge in [0.1, 0.15) is 0 Å². The number of halogens is 2. The fraction of sp³-hybridized carbons (Fsp3) is 0.294. The van der Waals surface area contributed by atoms with Crippen molar-refractivity contribution in [2.75, 3.05) is 0 Å². The molecule has 2 aromatic rings. The van der Waals surface area contributed by atoms with E-state index in [0.717, 1.165) is 22.3 Å². The van der Waals surface area contributed by atoms with Gasteiger partial charge in [0.25, 0.3) is 0 Å². The Bertz CT molecular complexity index is 609. The highest BCUT2D eigenvalue weighted by molar-refractivity contribution is 9.10. The van der Waals surface area contributed by atoms with Gasteiger partial charge >= 0.3 is 0 Å². The summed E-state index contributed by atoms with van der Waals surface area (Å²) in [7, 11) is 0. The Hall–Kier alpha value is -0.830. The maximum absolute atomic E-state index is 6.06. The van der Waals surface area contributed by atoms with Crippen LogP contribution in [-0.4, -0.2) is 0 Å². The first-order chi connectivity index (χ1) is 9.63. The minimum absolute atomic E-state index is 0.342. The zero-order chi connectivity index (χ0) is 14.1. The minimum Gasteiger partial charge on any atom is -0.303 e. The number of hydrogen-bond donors (Lipinski definition) is 1. The highest BCUT2D eigenvalue weighted by Crippen LogP contribution is 2.34. The maximum atomic E-state index is 6.06. The molecule has 1 nitrogen and oxygen atoms in total. The van der Waals surface area contributed by atoms with Crippen LogP contribution in [0.4, 0.5) is 0 Å². The van der Waals surface area contributed by atoms with Crippen LogP contribution in [-0.2, 0) is 6.42 Å². The van der Waals surface area contributed by atoms with Crippen LogP contribution < -0.4 is 5.32 Å². The molecule has 0 spiro atoms. The van der Waals surface area contributed by atoms with Gasteiger partial charge in [-0.25, -0.2) is 0 Å². The van der Waals surface area contributed by atoms with E-state index in [-0.39, 0.29) is 0 Å². The first-order valence-electron chi connectivity index (χ1n) is 6.93. The highest BCUT2D eigenvalue weighted by atomic mass is 79.9. The zero-order valence-corrected chi connectivity index (χ0v) is 13.7. The molecule has 1 aliphatic carbocycles. The van der Waals surface area contributed by atoms with E-state index in [4.69, 9.17) is 11.6 Å². The second-order valence-electron chi connectivity index (χ2n) is 5.37. The van der Waals surface area contributed by atoms with Gasteiger partial charge in [-0.3, -0.25) is 0 Å². The summed E-state index contributed by atoms with van der Waals surface area (Å²) in [6.07, 6.45) is 2.26. The molecule has 20 heavy (non-hydrogen) atoms. The lowest BCUT2D eigenvalue weighted by atomic mass is 10.0. The molecule has 2 atom stereocenters. The smallest absolute Gasteiger partial charge is 0.0408 e. The molecule has 2 unspecified atom stereocenters. The van der Waals surface area contributed by atoms with E-state index in [1.54, 1.807) is 0 Å². The van der Waals surface area contributed by atoms with Crippen LogP contribution in [0.5, 0.6) is 0 Å². The van der Waals surface area contributed by atoms with Crippen molar-refractivity contribution in [2.45, 2.75) is 31.8 Å². The molecule has 1 N–H and O–H groups in total. The molecule has 0 bridgehead atoms. The quantitative estimate of drug-likeness (QED) is 0.777. The van der Waals surface area contributed by atoms with Crippen LogP contribution in [0.2, 0.25) is 5.02 Å². The Labute approximate surface area is 133 Å². The van der Waals surface area contributed by atoms with Crippen molar-refractivity contribution in [3.8, 4) is 0 Å². The first-order valence-corrected chi connectivity index (χ1v) is 8.10. The molecule has 0 aliphatic heterocycles. The van der Waals surface area contributed by atoms with Crippen molar-refractivity contribution in [1.29, 1.82) is 0 Å². The molecule has 3 heteroatoms. The largest absolute Gasteiger partial charge is 0.303 e. The molecular weight excluding hydrogens is 334 g/mol. The van der Waals surface area contributed by atoms with Gasteiger partial charge in [0.15, 0.2) is 0 Å². The van der Waals surface area contributed by atoms with Crippen LogP contribution in [0.15, 0.2) is 46.9 Å². The first kappa shape index (κ1) is 14.1. The predicted molar refractivity (Wildman–Crippen MR) is 88.2 cm³/mol. The van der Waals surface area contributed by atoms with E-state index >= 15 is 0 Å². The van der Waals surface area contributed by atoms with Crippen molar-refractivity contribution in [1.82, 2.24) is 5.32 Å². The maximum Gasteiger partial charge on any atom is 0.0408 e. The zero-order valence-electron chi connectivity index (χ0n) is 11.4. The number of aryl methyl sites for hydroxylation is 1. The minimum atomic E-state index is 0.342. The van der Waals surface area contributed by atoms with Crippen molar-refractivity contribution < 1.29 is 0 Å². The molecule has 104 valence electrons. The number of nitrogens with one attached hydrogen (secondary N) is 1. The molecule has 0 fully saturated rings. The molecule has 0 amide bonds. The fourth-order valence-electron chi connectivity index (χ4n) is 2.91. The summed E-state index contributed by atoms with van der Waals surface area (Å²) in [6, 6.07) is 15.5. The fourth-order valence-corrected chi connectivity index (χ4v) is 3.37. The lowest BCUT2D eigenvalue weighted by Gasteiger charge is -2.21. The van der Waals surface area contributed by atoms with Gasteiger partial charge in [-0.15, -0.1) is 0 Å². The van der Waals surface area contributed by atoms with E-state index in [9.17, 15) is 0 Å². The average molecular weight is 351 g/mol. The van der Waals surface area contributed by atoms with Gasteiger partial charge in [-0.1, -0.05) is 45.7 Å². The van der Waals surface area contributed by atoms with Crippen LogP contribution in [0.25, 0.3) is 0 Å². The van der Waals surface area contributed by atoms with Crippen LogP contribution in [0.1, 0.15) is 42.1 Å². The SMILES string of the molecule is CC(NC1CCc2cc(Cl)ccc21)c1ccc(Br)cc1. The van der Waals surface area contributed by atoms with Gasteiger partial charge in [0.05, 0.1) is 0 Å². The number of hydrogen-bond acceptors (Lipinski definition) is 1. The van der Waals surface area contributed by atoms with Crippen molar-refractivity contribution >= 4 is 27.5 Å². The molecule has 0 aromatic heterocycles. The molecular formula is C17H17BrClN. The summed E-state index contributed by atoms with van der Waals surface area (Å²) >= 11 is 9.54. The third kappa shape index (κ3) is 2.93. The summed E-state index contributed by atoms with van der Waals surface area (Å²) in [4.78, 5) is 0. The molecule has 0 saturated heterocycles. The Kier molecular flexibility index (Phi) is 4.16. The highest BCUT2D eigenvalue weighted by Gasteiger charge is 2.23. The van der Waals surface area contributed by atoms with Gasteiger partial charge in [-0.05, 0) is 60.7 Å². The van der Waals surface area contributed by atoms with Crippen molar-refractivity contribution in [3.05, 3.63) is 68.7 Å². The average Bonchev–Trinajstić information content (AvgIpc) is 2.81. The lowest BCUT2D eigenvalue weighted by molar-refractivity contribution is 0.465. The number of fused-ring (bicyclic) bond motifs is 1. The number of benzene rings is 2. The topological polar surface area (TPSA) is 12.0 Å². The summed E-state index contributed by atoms with van der Waals surface area (Å²) in [6.45, 7) is 2.22. The standard InChI is InChI=1S/C17H17BrClN/c1-11(12-2-5-14(18)6-3-12)20-17-9-4-13-10-15(19)7-8-16(13)17/h2-3,5-8,10-11,17,20H,4,9H2,1H3. The van der Waals surface area contributed by atoms with E-state index < -0.39 is 0 Å². The van der Waals surface area contributed by atoms with Gasteiger partial charge in [0, 0.05) is 21.6 Å². The second kappa shape index (κ2) is 5.88. The van der Waals surface area contributed by atoms with Crippen LogP contribution in [0.3, 0.4) is 0 Å². The Morgan fingerprint density at radius 2 is 1.95 bits per heavy atom. The van der Waals surface area contributed by atoms with E-state index in [1.165, 1.54) is 16.7 Å². The molecule has 0 radical (unpaired) electrons. The summed E-state index contributed by atoms with van der Waals surface area (Å²) in [5.41, 5.74) is 4.10. The predicted octanol–water partition coefficient (Wildman–Crippen LogP) is 5.44. The molecule has 0 saturated carbocycles. The van der Waals surface area contributed by atoms with Crippen molar-refractivity contribution in [2.24, 2.45) is 0 Å². The summed E-state index contributed by atoms with van der Waals surface area (Å²) in [5.74, 6) is 0. The third-order valence-corrected chi connectivity index (χ3v) is 4.77. The van der Waals surface area contributed by atoms with E-state index in [0.29, 0.717) is 12.1 Å². The van der Waals surface area contributed by atoms with Crippen molar-refractivity contribution in [3.63, 3.8) is 0 Å². The Balaban J connectivity index is 1.75. The lowest BCUT2D eigenvalue weighted by Crippen LogP contribution is -2.22. The third-order valence-electron chi connectivity index (χ3n) is 4.00. The monoisotopic (exact) mass is 349 g/mol.